The molecule has 74 valence electrons. The van der Waals surface area contributed by atoms with Crippen molar-refractivity contribution in [3.8, 4) is 0 Å². The Kier molecular flexibility index (Phi) is 5.85. The molecule has 1 amide bonds. The first-order valence-electron chi connectivity index (χ1n) is 4.40. The van der Waals surface area contributed by atoms with Crippen LogP contribution in [0.3, 0.4) is 0 Å². The van der Waals surface area contributed by atoms with Crippen LogP contribution < -0.4 is 0 Å². The molecule has 0 saturated heterocycles. The van der Waals surface area contributed by atoms with Gasteiger partial charge in [0.25, 0.3) is 0 Å². The van der Waals surface area contributed by atoms with E-state index in [2.05, 4.69) is 6.58 Å². The van der Waals surface area contributed by atoms with Gasteiger partial charge in [-0.25, -0.2) is 0 Å². The fourth-order valence-corrected chi connectivity index (χ4v) is 0.859. The van der Waals surface area contributed by atoms with Gasteiger partial charge in [-0.1, -0.05) is 6.08 Å². The molecule has 0 saturated carbocycles. The molecule has 13 heavy (non-hydrogen) atoms. The highest BCUT2D eigenvalue weighted by Crippen LogP contribution is 2.00. The molecule has 0 spiro atoms. The molecular weight excluding hydrogens is 166 g/mol. The predicted molar refractivity (Wildman–Crippen MR) is 52.4 cm³/mol. The van der Waals surface area contributed by atoms with Gasteiger partial charge in [0.05, 0.1) is 6.42 Å². The van der Waals surface area contributed by atoms with E-state index in [1.165, 1.54) is 4.90 Å². The van der Waals surface area contributed by atoms with Crippen LogP contribution in [0.2, 0.25) is 0 Å². The number of Topliss-reactive ketones (excluding diaryl/α,β-unsaturated/α-hetero) is 1. The fourth-order valence-electron chi connectivity index (χ4n) is 0.859. The number of nitrogens with zero attached hydrogens (tertiary/aromatic N) is 1. The zero-order valence-electron chi connectivity index (χ0n) is 8.38. The maximum atomic E-state index is 11.2. The molecule has 3 heteroatoms. The van der Waals surface area contributed by atoms with Crippen LogP contribution in [0.5, 0.6) is 0 Å². The number of allylic oxidation sites excluding steroid dienone is 1. The maximum absolute atomic E-state index is 11.2. The summed E-state index contributed by atoms with van der Waals surface area (Å²) in [6.07, 6.45) is 3.92. The van der Waals surface area contributed by atoms with E-state index >= 15 is 0 Å². The standard InChI is InChI=1S/C10H17NO2/c1-4-5-6-7-9(12)8-10(13)11(2)3/h4H,1,5-8H2,2-3H3. The van der Waals surface area contributed by atoms with Gasteiger partial charge < -0.3 is 4.90 Å². The first kappa shape index (κ1) is 11.9. The third-order valence-corrected chi connectivity index (χ3v) is 1.71. The molecule has 0 fully saturated rings. The highest BCUT2D eigenvalue weighted by molar-refractivity contribution is 5.97. The molecule has 0 bridgehead atoms. The van der Waals surface area contributed by atoms with E-state index in [-0.39, 0.29) is 18.1 Å². The van der Waals surface area contributed by atoms with Gasteiger partial charge in [-0.15, -0.1) is 6.58 Å². The largest absolute Gasteiger partial charge is 0.348 e. The Labute approximate surface area is 79.4 Å². The monoisotopic (exact) mass is 183 g/mol. The van der Waals surface area contributed by atoms with Gasteiger partial charge in [0.15, 0.2) is 0 Å². The summed E-state index contributed by atoms with van der Waals surface area (Å²) in [6.45, 7) is 3.56. The Balaban J connectivity index is 3.62. The lowest BCUT2D eigenvalue weighted by molar-refractivity contribution is -0.133. The fraction of sp³-hybridized carbons (Fsp3) is 0.600. The second-order valence-electron chi connectivity index (χ2n) is 3.18. The van der Waals surface area contributed by atoms with E-state index in [1.807, 2.05) is 0 Å². The topological polar surface area (TPSA) is 37.4 Å². The quantitative estimate of drug-likeness (QED) is 0.354. The Morgan fingerprint density at radius 1 is 1.38 bits per heavy atom. The smallest absolute Gasteiger partial charge is 0.229 e. The van der Waals surface area contributed by atoms with Crippen molar-refractivity contribution in [2.45, 2.75) is 25.7 Å². The minimum Gasteiger partial charge on any atom is -0.348 e. The van der Waals surface area contributed by atoms with Crippen LogP contribution in [0.15, 0.2) is 12.7 Å². The third kappa shape index (κ3) is 6.08. The molecule has 0 radical (unpaired) electrons. The van der Waals surface area contributed by atoms with Gasteiger partial charge in [-0.2, -0.15) is 0 Å². The van der Waals surface area contributed by atoms with Crippen molar-refractivity contribution in [3.63, 3.8) is 0 Å². The molecule has 0 aromatic rings. The van der Waals surface area contributed by atoms with Gasteiger partial charge in [-0.05, 0) is 12.8 Å². The van der Waals surface area contributed by atoms with Crippen LogP contribution in [0.4, 0.5) is 0 Å². The first-order chi connectivity index (χ1) is 6.07. The number of amides is 1. The summed E-state index contributed by atoms with van der Waals surface area (Å²) in [5.74, 6) is -0.107. The summed E-state index contributed by atoms with van der Waals surface area (Å²) in [6, 6.07) is 0. The summed E-state index contributed by atoms with van der Waals surface area (Å²) in [4.78, 5) is 23.7. The Morgan fingerprint density at radius 2 is 2.00 bits per heavy atom. The molecule has 0 atom stereocenters. The molecule has 0 aromatic carbocycles. The number of hydrogen-bond donors (Lipinski definition) is 0. The lowest BCUT2D eigenvalue weighted by atomic mass is 10.1. The third-order valence-electron chi connectivity index (χ3n) is 1.71. The van der Waals surface area contributed by atoms with E-state index in [0.29, 0.717) is 6.42 Å². The molecule has 0 heterocycles. The summed E-state index contributed by atoms with van der Waals surface area (Å²) < 4.78 is 0. The average molecular weight is 183 g/mol. The minimum absolute atomic E-state index is 0.0144. The van der Waals surface area contributed by atoms with Crippen LogP contribution in [-0.2, 0) is 9.59 Å². The van der Waals surface area contributed by atoms with Gasteiger partial charge in [0.2, 0.25) is 5.91 Å². The van der Waals surface area contributed by atoms with Crippen molar-refractivity contribution in [3.05, 3.63) is 12.7 Å². The summed E-state index contributed by atoms with van der Waals surface area (Å²) in [5, 5.41) is 0. The van der Waals surface area contributed by atoms with Crippen molar-refractivity contribution in [1.29, 1.82) is 0 Å². The van der Waals surface area contributed by atoms with Gasteiger partial charge in [0.1, 0.15) is 5.78 Å². The molecule has 0 aliphatic rings. The zero-order valence-corrected chi connectivity index (χ0v) is 8.38. The maximum Gasteiger partial charge on any atom is 0.229 e. The summed E-state index contributed by atoms with van der Waals surface area (Å²) >= 11 is 0. The number of carbonyl (C=O) groups excluding carboxylic acids is 2. The highest BCUT2D eigenvalue weighted by Gasteiger charge is 2.09. The van der Waals surface area contributed by atoms with Crippen molar-refractivity contribution >= 4 is 11.7 Å². The van der Waals surface area contributed by atoms with Crippen LogP contribution in [0.25, 0.3) is 0 Å². The van der Waals surface area contributed by atoms with Crippen molar-refractivity contribution < 1.29 is 9.59 Å². The molecule has 0 rings (SSSR count). The summed E-state index contributed by atoms with van der Waals surface area (Å²) in [5.41, 5.74) is 0. The molecule has 0 aliphatic heterocycles. The highest BCUT2D eigenvalue weighted by atomic mass is 16.2. The van der Waals surface area contributed by atoms with Crippen molar-refractivity contribution in [2.75, 3.05) is 14.1 Å². The normalized spacial score (nSPS) is 9.38. The minimum atomic E-state index is -0.122. The van der Waals surface area contributed by atoms with Crippen molar-refractivity contribution in [2.24, 2.45) is 0 Å². The van der Waals surface area contributed by atoms with E-state index in [4.69, 9.17) is 0 Å². The number of carbonyl (C=O) groups is 2. The second-order valence-corrected chi connectivity index (χ2v) is 3.18. The summed E-state index contributed by atoms with van der Waals surface area (Å²) in [7, 11) is 3.30. The molecule has 0 aromatic heterocycles. The SMILES string of the molecule is C=CCCCC(=O)CC(=O)N(C)C. The van der Waals surface area contributed by atoms with Gasteiger partial charge >= 0.3 is 0 Å². The molecule has 0 aliphatic carbocycles. The number of ketones is 1. The van der Waals surface area contributed by atoms with E-state index < -0.39 is 0 Å². The number of hydrogen-bond acceptors (Lipinski definition) is 2. The number of rotatable bonds is 6. The van der Waals surface area contributed by atoms with Crippen LogP contribution >= 0.6 is 0 Å². The van der Waals surface area contributed by atoms with Crippen LogP contribution in [0.1, 0.15) is 25.7 Å². The second kappa shape index (κ2) is 6.40. The molecule has 0 N–H and O–H groups in total. The lowest BCUT2D eigenvalue weighted by Gasteiger charge is -2.08. The average Bonchev–Trinajstić information content (AvgIpc) is 2.04. The van der Waals surface area contributed by atoms with Crippen LogP contribution in [-0.4, -0.2) is 30.7 Å². The van der Waals surface area contributed by atoms with Gasteiger partial charge in [0, 0.05) is 20.5 Å². The number of unbranched alkanes of at least 4 members (excludes halogenated alkanes) is 1. The van der Waals surface area contributed by atoms with E-state index in [0.717, 1.165) is 12.8 Å². The van der Waals surface area contributed by atoms with Gasteiger partial charge in [-0.3, -0.25) is 9.59 Å². The van der Waals surface area contributed by atoms with E-state index in [1.54, 1.807) is 20.2 Å². The Bertz CT molecular complexity index is 197. The molecule has 0 unspecified atom stereocenters. The zero-order chi connectivity index (χ0) is 10.3. The van der Waals surface area contributed by atoms with Crippen molar-refractivity contribution in [1.82, 2.24) is 4.90 Å². The Morgan fingerprint density at radius 3 is 2.46 bits per heavy atom. The molecular formula is C10H17NO2. The lowest BCUT2D eigenvalue weighted by Crippen LogP contribution is -2.24. The first-order valence-corrected chi connectivity index (χ1v) is 4.40. The predicted octanol–water partition coefficient (Wildman–Crippen LogP) is 1.39. The van der Waals surface area contributed by atoms with Crippen LogP contribution in [0, 0.1) is 0 Å². The molecule has 3 nitrogen and oxygen atoms in total. The Hall–Kier alpha value is -1.12. The van der Waals surface area contributed by atoms with E-state index in [9.17, 15) is 9.59 Å².